The molecule has 1 aliphatic heterocycles. The Morgan fingerprint density at radius 3 is 2.05 bits per heavy atom. The third-order valence-electron chi connectivity index (χ3n) is 4.24. The highest BCUT2D eigenvalue weighted by atomic mass is 15.2. The van der Waals surface area contributed by atoms with Gasteiger partial charge in [0.25, 0.3) is 0 Å². The van der Waals surface area contributed by atoms with Crippen molar-refractivity contribution in [3.05, 3.63) is 35.4 Å². The van der Waals surface area contributed by atoms with Gasteiger partial charge in [-0.2, -0.15) is 0 Å². The monoisotopic (exact) mass is 261 g/mol. The molecular weight excluding hydrogens is 234 g/mol. The van der Waals surface area contributed by atoms with Crippen LogP contribution in [0.15, 0.2) is 24.3 Å². The molecule has 1 fully saturated rings. The Labute approximate surface area is 117 Å². The molecule has 0 aromatic heterocycles. The number of hydrogen-bond acceptors (Lipinski definition) is 3. The van der Waals surface area contributed by atoms with E-state index in [0.29, 0.717) is 12.0 Å². The molecule has 1 aliphatic rings. The van der Waals surface area contributed by atoms with Crippen molar-refractivity contribution in [3.63, 3.8) is 0 Å². The molecule has 19 heavy (non-hydrogen) atoms. The first-order valence-corrected chi connectivity index (χ1v) is 7.40. The topological polar surface area (TPSA) is 41.3 Å². The lowest BCUT2D eigenvalue weighted by molar-refractivity contribution is 0.163. The molecule has 1 heterocycles. The molecule has 2 atom stereocenters. The highest BCUT2D eigenvalue weighted by Gasteiger charge is 2.23. The third-order valence-corrected chi connectivity index (χ3v) is 4.24. The van der Waals surface area contributed by atoms with Crippen LogP contribution in [0.4, 0.5) is 0 Å². The van der Waals surface area contributed by atoms with E-state index in [2.05, 4.69) is 55.3 Å². The van der Waals surface area contributed by atoms with Gasteiger partial charge in [0.1, 0.15) is 0 Å². The maximum atomic E-state index is 6.43. The van der Waals surface area contributed by atoms with Crippen molar-refractivity contribution in [2.75, 3.05) is 26.2 Å². The summed E-state index contributed by atoms with van der Waals surface area (Å²) in [6.07, 6.45) is 0. The summed E-state index contributed by atoms with van der Waals surface area (Å²) in [7, 11) is 0. The van der Waals surface area contributed by atoms with Crippen molar-refractivity contribution in [3.8, 4) is 0 Å². The van der Waals surface area contributed by atoms with Crippen molar-refractivity contribution in [2.45, 2.75) is 38.8 Å². The van der Waals surface area contributed by atoms with E-state index in [1.807, 2.05) is 0 Å². The van der Waals surface area contributed by atoms with E-state index < -0.39 is 0 Å². The van der Waals surface area contributed by atoms with Gasteiger partial charge in [0.2, 0.25) is 0 Å². The predicted molar refractivity (Wildman–Crippen MR) is 81.4 cm³/mol. The summed E-state index contributed by atoms with van der Waals surface area (Å²) in [6.45, 7) is 11.0. The van der Waals surface area contributed by atoms with Crippen LogP contribution < -0.4 is 11.1 Å². The van der Waals surface area contributed by atoms with Gasteiger partial charge >= 0.3 is 0 Å². The SMILES string of the molecule is CC(C)c1ccc(C(N)C(C)N2CCNCC2)cc1. The molecule has 3 N–H and O–H groups in total. The van der Waals surface area contributed by atoms with Crippen molar-refractivity contribution < 1.29 is 0 Å². The molecule has 0 spiro atoms. The van der Waals surface area contributed by atoms with Crippen LogP contribution in [0, 0.1) is 0 Å². The van der Waals surface area contributed by atoms with Crippen LogP contribution >= 0.6 is 0 Å². The highest BCUT2D eigenvalue weighted by Crippen LogP contribution is 2.22. The second-order valence-electron chi connectivity index (χ2n) is 5.87. The van der Waals surface area contributed by atoms with Crippen LogP contribution in [-0.4, -0.2) is 37.1 Å². The molecule has 1 aromatic carbocycles. The first kappa shape index (κ1) is 14.5. The fourth-order valence-corrected chi connectivity index (χ4v) is 2.70. The maximum Gasteiger partial charge on any atom is 0.0450 e. The van der Waals surface area contributed by atoms with Gasteiger partial charge in [0.15, 0.2) is 0 Å². The Morgan fingerprint density at radius 2 is 1.53 bits per heavy atom. The molecule has 2 unspecified atom stereocenters. The van der Waals surface area contributed by atoms with Crippen molar-refractivity contribution in [1.29, 1.82) is 0 Å². The zero-order valence-electron chi connectivity index (χ0n) is 12.4. The quantitative estimate of drug-likeness (QED) is 0.872. The summed E-state index contributed by atoms with van der Waals surface area (Å²) in [6, 6.07) is 9.30. The average Bonchev–Trinajstić information content (AvgIpc) is 2.46. The normalized spacial score (nSPS) is 20.5. The van der Waals surface area contributed by atoms with E-state index in [4.69, 9.17) is 5.73 Å². The molecule has 0 bridgehead atoms. The van der Waals surface area contributed by atoms with Crippen molar-refractivity contribution >= 4 is 0 Å². The second-order valence-corrected chi connectivity index (χ2v) is 5.87. The Bertz CT molecular complexity index is 379. The minimum Gasteiger partial charge on any atom is -0.323 e. The third kappa shape index (κ3) is 3.56. The van der Waals surface area contributed by atoms with Gasteiger partial charge in [-0.05, 0) is 24.0 Å². The molecule has 1 aromatic rings. The summed E-state index contributed by atoms with van der Waals surface area (Å²) in [5.74, 6) is 0.580. The summed E-state index contributed by atoms with van der Waals surface area (Å²) < 4.78 is 0. The summed E-state index contributed by atoms with van der Waals surface area (Å²) in [5.41, 5.74) is 9.06. The lowest BCUT2D eigenvalue weighted by Crippen LogP contribution is -2.50. The van der Waals surface area contributed by atoms with Crippen LogP contribution in [0.3, 0.4) is 0 Å². The maximum absolute atomic E-state index is 6.43. The Balaban J connectivity index is 2.03. The van der Waals surface area contributed by atoms with Gasteiger partial charge in [-0.1, -0.05) is 38.1 Å². The zero-order valence-corrected chi connectivity index (χ0v) is 12.4. The van der Waals surface area contributed by atoms with Gasteiger partial charge in [0.05, 0.1) is 0 Å². The molecule has 3 nitrogen and oxygen atoms in total. The lowest BCUT2D eigenvalue weighted by atomic mass is 9.96. The summed E-state index contributed by atoms with van der Waals surface area (Å²) in [4.78, 5) is 2.48. The van der Waals surface area contributed by atoms with E-state index in [0.717, 1.165) is 26.2 Å². The fraction of sp³-hybridized carbons (Fsp3) is 0.625. The smallest absolute Gasteiger partial charge is 0.0450 e. The molecule has 1 saturated heterocycles. The molecule has 2 rings (SSSR count). The Morgan fingerprint density at radius 1 is 1.00 bits per heavy atom. The molecular formula is C16H27N3. The average molecular weight is 261 g/mol. The first-order chi connectivity index (χ1) is 9.09. The minimum absolute atomic E-state index is 0.0966. The van der Waals surface area contributed by atoms with Crippen LogP contribution in [0.5, 0.6) is 0 Å². The summed E-state index contributed by atoms with van der Waals surface area (Å²) >= 11 is 0. The molecule has 0 aliphatic carbocycles. The molecule has 0 radical (unpaired) electrons. The van der Waals surface area contributed by atoms with Crippen LogP contribution in [0.2, 0.25) is 0 Å². The standard InChI is InChI=1S/C16H27N3/c1-12(2)14-4-6-15(7-5-14)16(17)13(3)19-10-8-18-9-11-19/h4-7,12-13,16,18H,8-11,17H2,1-3H3. The van der Waals surface area contributed by atoms with Crippen LogP contribution in [-0.2, 0) is 0 Å². The number of benzene rings is 1. The first-order valence-electron chi connectivity index (χ1n) is 7.40. The van der Waals surface area contributed by atoms with E-state index in [9.17, 15) is 0 Å². The van der Waals surface area contributed by atoms with Crippen LogP contribution in [0.25, 0.3) is 0 Å². The number of nitrogens with one attached hydrogen (secondary N) is 1. The number of rotatable bonds is 4. The largest absolute Gasteiger partial charge is 0.323 e. The number of hydrogen-bond donors (Lipinski definition) is 2. The van der Waals surface area contributed by atoms with E-state index >= 15 is 0 Å². The van der Waals surface area contributed by atoms with Crippen molar-refractivity contribution in [1.82, 2.24) is 10.2 Å². The number of piperazine rings is 1. The van der Waals surface area contributed by atoms with Gasteiger partial charge in [-0.3, -0.25) is 4.90 Å². The van der Waals surface area contributed by atoms with Gasteiger partial charge < -0.3 is 11.1 Å². The molecule has 106 valence electrons. The second kappa shape index (κ2) is 6.51. The van der Waals surface area contributed by atoms with E-state index in [1.165, 1.54) is 11.1 Å². The Kier molecular flexibility index (Phi) is 4.97. The number of nitrogens with two attached hydrogens (primary N) is 1. The zero-order chi connectivity index (χ0) is 13.8. The van der Waals surface area contributed by atoms with Gasteiger partial charge in [-0.15, -0.1) is 0 Å². The van der Waals surface area contributed by atoms with Gasteiger partial charge in [0, 0.05) is 38.3 Å². The van der Waals surface area contributed by atoms with E-state index in [-0.39, 0.29) is 6.04 Å². The molecule has 3 heteroatoms. The molecule has 0 amide bonds. The van der Waals surface area contributed by atoms with Crippen LogP contribution in [0.1, 0.15) is 43.9 Å². The van der Waals surface area contributed by atoms with Gasteiger partial charge in [-0.25, -0.2) is 0 Å². The number of nitrogens with zero attached hydrogens (tertiary/aromatic N) is 1. The molecule has 0 saturated carbocycles. The lowest BCUT2D eigenvalue weighted by Gasteiger charge is -2.36. The fourth-order valence-electron chi connectivity index (χ4n) is 2.70. The van der Waals surface area contributed by atoms with Crippen molar-refractivity contribution in [2.24, 2.45) is 5.73 Å². The minimum atomic E-state index is 0.0966. The Hall–Kier alpha value is -0.900. The van der Waals surface area contributed by atoms with E-state index in [1.54, 1.807) is 0 Å². The highest BCUT2D eigenvalue weighted by molar-refractivity contribution is 5.27. The summed E-state index contributed by atoms with van der Waals surface area (Å²) in [5, 5.41) is 3.39. The predicted octanol–water partition coefficient (Wildman–Crippen LogP) is 2.10.